The van der Waals surface area contributed by atoms with Crippen LogP contribution in [0, 0.1) is 13.8 Å². The number of hydrogen-bond donors (Lipinski definition) is 4. The third-order valence-corrected chi connectivity index (χ3v) is 5.55. The minimum Gasteiger partial charge on any atom is -0.384 e. The maximum Gasteiger partial charge on any atom is 0.0464 e. The van der Waals surface area contributed by atoms with E-state index in [4.69, 9.17) is 5.73 Å². The molecule has 0 bridgehead atoms. The molecule has 0 spiro atoms. The average Bonchev–Trinajstić information content (AvgIpc) is 3.16. The Hall–Kier alpha value is -2.76. The molecule has 1 aromatic carbocycles. The molecule has 3 rings (SSSR count). The van der Waals surface area contributed by atoms with Crippen molar-refractivity contribution in [2.45, 2.75) is 20.8 Å². The first-order valence-electron chi connectivity index (χ1n) is 10.3. The summed E-state index contributed by atoms with van der Waals surface area (Å²) in [5, 5.41) is 6.72. The lowest BCUT2D eigenvalue weighted by atomic mass is 10.1. The Morgan fingerprint density at radius 1 is 1.21 bits per heavy atom. The predicted octanol–water partition coefficient (Wildman–Crippen LogP) is 2.19. The number of aromatic amines is 2. The van der Waals surface area contributed by atoms with Crippen molar-refractivity contribution in [3.63, 3.8) is 0 Å². The Bertz CT molecular complexity index is 1100. The van der Waals surface area contributed by atoms with Crippen LogP contribution in [0.5, 0.6) is 0 Å². The molecule has 0 aliphatic rings. The van der Waals surface area contributed by atoms with Crippen LogP contribution >= 0.6 is 0 Å². The number of nitrogens with two attached hydrogens (primary N) is 1. The summed E-state index contributed by atoms with van der Waals surface area (Å²) < 4.78 is 0. The van der Waals surface area contributed by atoms with Gasteiger partial charge in [-0.3, -0.25) is 0 Å². The van der Waals surface area contributed by atoms with Gasteiger partial charge in [0.1, 0.15) is 0 Å². The lowest BCUT2D eigenvalue weighted by Gasteiger charge is -2.20. The highest BCUT2D eigenvalue weighted by Crippen LogP contribution is 2.23. The monoisotopic (exact) mass is 391 g/mol. The van der Waals surface area contributed by atoms with Gasteiger partial charge in [0.15, 0.2) is 0 Å². The van der Waals surface area contributed by atoms with Crippen molar-refractivity contribution in [3.8, 4) is 0 Å². The van der Waals surface area contributed by atoms with Gasteiger partial charge in [0, 0.05) is 70.3 Å². The van der Waals surface area contributed by atoms with Crippen molar-refractivity contribution in [2.24, 2.45) is 5.73 Å². The van der Waals surface area contributed by atoms with E-state index in [-0.39, 0.29) is 0 Å². The maximum absolute atomic E-state index is 5.68. The van der Waals surface area contributed by atoms with Crippen molar-refractivity contribution in [2.75, 3.05) is 32.7 Å². The van der Waals surface area contributed by atoms with Gasteiger partial charge < -0.3 is 25.9 Å². The Kier molecular flexibility index (Phi) is 6.62. The standard InChI is InChI=1S/C24H33N5/c1-6-29(13-11-25)14-12-26-18(4)24-16(2)23(28-19(24)5)15-21-17(3)27-22-10-8-7-9-20(21)22/h7-10,15,26-28H,3-4,6,11-14,25H2,1-2,5H3/b21-15+. The van der Waals surface area contributed by atoms with Gasteiger partial charge in [-0.1, -0.05) is 38.3 Å². The molecule has 0 amide bonds. The molecule has 2 heterocycles. The van der Waals surface area contributed by atoms with Crippen LogP contribution in [0.15, 0.2) is 30.8 Å². The summed E-state index contributed by atoms with van der Waals surface area (Å²) in [7, 11) is 0. The van der Waals surface area contributed by atoms with E-state index in [0.29, 0.717) is 6.54 Å². The van der Waals surface area contributed by atoms with Crippen molar-refractivity contribution >= 4 is 29.3 Å². The minimum absolute atomic E-state index is 0.687. The number of H-pyrrole nitrogens is 2. The molecule has 0 radical (unpaired) electrons. The normalized spacial score (nSPS) is 12.2. The highest BCUT2D eigenvalue weighted by molar-refractivity contribution is 5.82. The van der Waals surface area contributed by atoms with Crippen LogP contribution < -0.4 is 21.6 Å². The van der Waals surface area contributed by atoms with Gasteiger partial charge in [-0.25, -0.2) is 0 Å². The van der Waals surface area contributed by atoms with Gasteiger partial charge in [-0.15, -0.1) is 0 Å². The average molecular weight is 392 g/mol. The molecule has 2 aromatic heterocycles. The predicted molar refractivity (Wildman–Crippen MR) is 125 cm³/mol. The summed E-state index contributed by atoms with van der Waals surface area (Å²) in [6, 6.07) is 8.30. The van der Waals surface area contributed by atoms with E-state index in [9.17, 15) is 0 Å². The second-order valence-electron chi connectivity index (χ2n) is 7.50. The van der Waals surface area contributed by atoms with Gasteiger partial charge in [-0.05, 0) is 38.1 Å². The number of nitrogens with zero attached hydrogens (tertiary/aromatic N) is 1. The largest absolute Gasteiger partial charge is 0.384 e. The molecule has 3 aromatic rings. The molecule has 0 aliphatic carbocycles. The van der Waals surface area contributed by atoms with Crippen molar-refractivity contribution in [1.82, 2.24) is 20.2 Å². The molecule has 0 fully saturated rings. The first kappa shape index (κ1) is 21.0. The molecular weight excluding hydrogens is 358 g/mol. The smallest absolute Gasteiger partial charge is 0.0464 e. The number of rotatable bonds is 9. The summed E-state index contributed by atoms with van der Waals surface area (Å²) in [6.45, 7) is 19.3. The number of aromatic nitrogens is 2. The van der Waals surface area contributed by atoms with Crippen LogP contribution in [-0.4, -0.2) is 47.6 Å². The zero-order valence-corrected chi connectivity index (χ0v) is 17.9. The highest BCUT2D eigenvalue weighted by Gasteiger charge is 2.13. The molecule has 5 N–H and O–H groups in total. The summed E-state index contributed by atoms with van der Waals surface area (Å²) in [5.41, 5.74) is 12.3. The summed E-state index contributed by atoms with van der Waals surface area (Å²) in [4.78, 5) is 9.23. The van der Waals surface area contributed by atoms with E-state index in [0.717, 1.165) is 64.9 Å². The Labute approximate surface area is 173 Å². The topological polar surface area (TPSA) is 72.9 Å². The summed E-state index contributed by atoms with van der Waals surface area (Å²) in [6.07, 6.45) is 2.18. The number of nitrogens with one attached hydrogen (secondary N) is 3. The van der Waals surface area contributed by atoms with E-state index in [1.807, 2.05) is 6.07 Å². The van der Waals surface area contributed by atoms with E-state index in [1.54, 1.807) is 0 Å². The Morgan fingerprint density at radius 3 is 2.69 bits per heavy atom. The van der Waals surface area contributed by atoms with E-state index < -0.39 is 0 Å². The first-order valence-corrected chi connectivity index (χ1v) is 10.3. The number of benzene rings is 1. The maximum atomic E-state index is 5.68. The molecule has 0 saturated heterocycles. The fourth-order valence-electron chi connectivity index (χ4n) is 3.96. The lowest BCUT2D eigenvalue weighted by Crippen LogP contribution is -2.35. The lowest BCUT2D eigenvalue weighted by molar-refractivity contribution is 0.300. The van der Waals surface area contributed by atoms with Gasteiger partial charge >= 0.3 is 0 Å². The number of aryl methyl sites for hydroxylation is 1. The third-order valence-electron chi connectivity index (χ3n) is 5.55. The summed E-state index contributed by atoms with van der Waals surface area (Å²) in [5.74, 6) is 0. The Balaban J connectivity index is 1.84. The zero-order chi connectivity index (χ0) is 21.0. The molecule has 0 unspecified atom stereocenters. The Morgan fingerprint density at radius 2 is 1.97 bits per heavy atom. The molecule has 29 heavy (non-hydrogen) atoms. The number of likely N-dealkylation sites (N-methyl/N-ethyl adjacent to an activating group) is 1. The number of para-hydroxylation sites is 1. The molecule has 0 aliphatic heterocycles. The zero-order valence-electron chi connectivity index (χ0n) is 17.9. The SMILES string of the molecule is C=C(NCCN(CC)CCN)c1c(C)[nH]c(/C=c2\c(=C)[nH]c3ccccc23)c1C. The molecule has 5 heteroatoms. The first-order chi connectivity index (χ1) is 14.0. The van der Waals surface area contributed by atoms with Gasteiger partial charge in [0.2, 0.25) is 0 Å². The van der Waals surface area contributed by atoms with Crippen molar-refractivity contribution in [3.05, 3.63) is 63.9 Å². The van der Waals surface area contributed by atoms with E-state index >= 15 is 0 Å². The van der Waals surface area contributed by atoms with Crippen LogP contribution in [0.1, 0.15) is 29.4 Å². The van der Waals surface area contributed by atoms with Crippen LogP contribution in [0.4, 0.5) is 0 Å². The molecule has 0 atom stereocenters. The van der Waals surface area contributed by atoms with Crippen LogP contribution in [0.3, 0.4) is 0 Å². The number of fused-ring (bicyclic) bond motifs is 1. The third kappa shape index (κ3) is 4.47. The van der Waals surface area contributed by atoms with Gasteiger partial charge in [-0.2, -0.15) is 0 Å². The minimum atomic E-state index is 0.687. The van der Waals surface area contributed by atoms with Crippen molar-refractivity contribution < 1.29 is 0 Å². The molecule has 5 nitrogen and oxygen atoms in total. The quantitative estimate of drug-likeness (QED) is 0.452. The van der Waals surface area contributed by atoms with Crippen LogP contribution in [0.25, 0.3) is 29.3 Å². The number of hydrogen-bond acceptors (Lipinski definition) is 3. The van der Waals surface area contributed by atoms with E-state index in [1.165, 1.54) is 10.9 Å². The van der Waals surface area contributed by atoms with Crippen LogP contribution in [0.2, 0.25) is 0 Å². The second-order valence-corrected chi connectivity index (χ2v) is 7.50. The highest BCUT2D eigenvalue weighted by atomic mass is 15.1. The van der Waals surface area contributed by atoms with Gasteiger partial charge in [0.05, 0.1) is 0 Å². The second kappa shape index (κ2) is 9.16. The fraction of sp³-hybridized carbons (Fsp3) is 0.333. The molecule has 0 saturated carbocycles. The van der Waals surface area contributed by atoms with Crippen molar-refractivity contribution in [1.29, 1.82) is 0 Å². The molecule has 154 valence electrons. The fourth-order valence-corrected chi connectivity index (χ4v) is 3.96. The van der Waals surface area contributed by atoms with Gasteiger partial charge in [0.25, 0.3) is 0 Å². The molecular formula is C24H33N5. The van der Waals surface area contributed by atoms with E-state index in [2.05, 4.69) is 78.4 Å². The summed E-state index contributed by atoms with van der Waals surface area (Å²) >= 11 is 0. The van der Waals surface area contributed by atoms with Crippen LogP contribution in [-0.2, 0) is 0 Å².